The van der Waals surface area contributed by atoms with Crippen LogP contribution in [0, 0.1) is 27.7 Å². The van der Waals surface area contributed by atoms with Crippen LogP contribution in [0.15, 0.2) is 5.38 Å². The van der Waals surface area contributed by atoms with Gasteiger partial charge < -0.3 is 14.4 Å². The van der Waals surface area contributed by atoms with Gasteiger partial charge in [-0.1, -0.05) is 22.7 Å². The van der Waals surface area contributed by atoms with Crippen LogP contribution in [0.2, 0.25) is 0 Å². The fourth-order valence-electron chi connectivity index (χ4n) is 4.09. The molecule has 13 heteroatoms. The van der Waals surface area contributed by atoms with Crippen LogP contribution in [0.4, 0.5) is 5.13 Å². The van der Waals surface area contributed by atoms with E-state index in [4.69, 9.17) is 9.47 Å². The molecule has 0 radical (unpaired) electrons. The van der Waals surface area contributed by atoms with E-state index in [0.29, 0.717) is 43.7 Å². The zero-order valence-corrected chi connectivity index (χ0v) is 24.7. The molecule has 2 amide bonds. The lowest BCUT2D eigenvalue weighted by Crippen LogP contribution is -2.51. The quantitative estimate of drug-likeness (QED) is 0.308. The summed E-state index contributed by atoms with van der Waals surface area (Å²) in [5, 5.41) is 6.95. The molecule has 1 aliphatic rings. The number of rotatable bonds is 9. The topological polar surface area (TPSA) is 106 Å². The van der Waals surface area contributed by atoms with Gasteiger partial charge in [0.15, 0.2) is 16.5 Å². The molecule has 4 rings (SSSR count). The molecule has 1 N–H and O–H groups in total. The zero-order valence-electron chi connectivity index (χ0n) is 22.3. The molecule has 0 atom stereocenters. The highest BCUT2D eigenvalue weighted by Crippen LogP contribution is 2.30. The number of ether oxygens (including phenoxy) is 2. The first-order valence-electron chi connectivity index (χ1n) is 12.4. The van der Waals surface area contributed by atoms with E-state index in [1.807, 2.05) is 30.2 Å². The number of nitrogens with one attached hydrogen (secondary N) is 1. The lowest BCUT2D eigenvalue weighted by Gasteiger charge is -2.25. The minimum Gasteiger partial charge on any atom is -0.466 e. The Morgan fingerprint density at radius 2 is 1.63 bits per heavy atom. The van der Waals surface area contributed by atoms with Crippen molar-refractivity contribution in [1.29, 1.82) is 0 Å². The van der Waals surface area contributed by atoms with Crippen LogP contribution in [0.25, 0.3) is 10.0 Å². The lowest BCUT2D eigenvalue weighted by molar-refractivity contribution is -0.703. The van der Waals surface area contributed by atoms with Crippen molar-refractivity contribution >= 4 is 56.9 Å². The number of aryl methyl sites for hydroxylation is 2. The summed E-state index contributed by atoms with van der Waals surface area (Å²) in [5.41, 5.74) is 2.61. The molecule has 0 saturated carbocycles. The van der Waals surface area contributed by atoms with Crippen LogP contribution in [0.5, 0.6) is 0 Å². The average Bonchev–Trinajstić information content (AvgIpc) is 3.52. The fraction of sp³-hybridized carbons (Fsp3) is 0.520. The van der Waals surface area contributed by atoms with Gasteiger partial charge >= 0.3 is 16.0 Å². The van der Waals surface area contributed by atoms with Crippen LogP contribution in [0.3, 0.4) is 0 Å². The molecule has 1 saturated heterocycles. The maximum atomic E-state index is 13.1. The Hall–Kier alpha value is -2.74. The number of anilines is 1. The maximum absolute atomic E-state index is 13.1. The number of hydrogen-bond donors (Lipinski definition) is 1. The number of aromatic nitrogens is 3. The normalized spacial score (nSPS) is 13.6. The first-order valence-corrected chi connectivity index (χ1v) is 14.9. The molecule has 1 fully saturated rings. The van der Waals surface area contributed by atoms with Gasteiger partial charge in [-0.25, -0.2) is 4.98 Å². The molecule has 0 aliphatic carbocycles. The number of thiazole rings is 3. The Labute approximate surface area is 233 Å². The highest BCUT2D eigenvalue weighted by atomic mass is 32.1. The largest absolute Gasteiger partial charge is 0.466 e. The van der Waals surface area contributed by atoms with Gasteiger partial charge in [-0.05, 0) is 20.8 Å². The van der Waals surface area contributed by atoms with Crippen molar-refractivity contribution < 1.29 is 33.0 Å². The Kier molecular flexibility index (Phi) is 9.23. The monoisotopic (exact) mass is 579 g/mol. The van der Waals surface area contributed by atoms with Crippen molar-refractivity contribution in [3.63, 3.8) is 0 Å². The Bertz CT molecular complexity index is 1340. The van der Waals surface area contributed by atoms with Crippen molar-refractivity contribution in [1.82, 2.24) is 9.88 Å². The van der Waals surface area contributed by atoms with Crippen molar-refractivity contribution in [3.8, 4) is 10.0 Å². The Balaban J connectivity index is 1.54. The SMILES string of the molecule is CCOC(=O)Cc1csc(NC(=O)C[n+]2c(-c3sc(C)c(C)[n+]3CC(=O)N3CCOCC3)sc(C)c2C)n1. The van der Waals surface area contributed by atoms with Gasteiger partial charge in [-0.2, -0.15) is 9.13 Å². The van der Waals surface area contributed by atoms with E-state index in [1.54, 1.807) is 35.0 Å². The number of carbonyl (C=O) groups excluding carboxylic acids is 3. The third-order valence-electron chi connectivity index (χ3n) is 6.39. The lowest BCUT2D eigenvalue weighted by atomic mass is 10.3. The molecular formula is C25H33N5O5S3+2. The summed E-state index contributed by atoms with van der Waals surface area (Å²) in [6, 6.07) is 0. The summed E-state index contributed by atoms with van der Waals surface area (Å²) in [6.07, 6.45) is 0.0716. The summed E-state index contributed by atoms with van der Waals surface area (Å²) in [5.74, 6) is -0.491. The molecule has 1 aliphatic heterocycles. The maximum Gasteiger partial charge on any atom is 0.346 e. The number of amides is 2. The first kappa shape index (κ1) is 28.3. The number of morpholine rings is 1. The third-order valence-corrected chi connectivity index (χ3v) is 9.74. The van der Waals surface area contributed by atoms with Crippen molar-refractivity contribution in [2.45, 2.75) is 54.1 Å². The molecule has 0 unspecified atom stereocenters. The second kappa shape index (κ2) is 12.4. The van der Waals surface area contributed by atoms with Gasteiger partial charge in [-0.3, -0.25) is 19.7 Å². The van der Waals surface area contributed by atoms with Gasteiger partial charge in [0, 0.05) is 32.3 Å². The molecule has 3 aromatic heterocycles. The van der Waals surface area contributed by atoms with E-state index in [2.05, 4.69) is 21.8 Å². The molecular weight excluding hydrogens is 547 g/mol. The van der Waals surface area contributed by atoms with Crippen LogP contribution in [0.1, 0.15) is 33.8 Å². The van der Waals surface area contributed by atoms with Crippen LogP contribution < -0.4 is 14.5 Å². The summed E-state index contributed by atoms with van der Waals surface area (Å²) < 4.78 is 14.4. The van der Waals surface area contributed by atoms with Gasteiger partial charge in [0.05, 0.1) is 41.7 Å². The average molecular weight is 580 g/mol. The second-order valence-electron chi connectivity index (χ2n) is 8.94. The second-order valence-corrected chi connectivity index (χ2v) is 12.2. The fourth-order valence-corrected chi connectivity index (χ4v) is 7.18. The van der Waals surface area contributed by atoms with E-state index >= 15 is 0 Å². The van der Waals surface area contributed by atoms with Crippen molar-refractivity contribution in [2.75, 3.05) is 38.2 Å². The van der Waals surface area contributed by atoms with Crippen LogP contribution >= 0.6 is 34.0 Å². The summed E-state index contributed by atoms with van der Waals surface area (Å²) in [7, 11) is 0. The predicted octanol–water partition coefficient (Wildman–Crippen LogP) is 2.34. The van der Waals surface area contributed by atoms with E-state index in [1.165, 1.54) is 11.3 Å². The number of hydrogen-bond acceptors (Lipinski definition) is 9. The molecule has 4 heterocycles. The van der Waals surface area contributed by atoms with E-state index in [9.17, 15) is 14.4 Å². The highest BCUT2D eigenvalue weighted by Gasteiger charge is 2.36. The molecule has 0 spiro atoms. The minimum absolute atomic E-state index is 0.0668. The molecule has 38 heavy (non-hydrogen) atoms. The predicted molar refractivity (Wildman–Crippen MR) is 145 cm³/mol. The molecule has 204 valence electrons. The number of carbonyl (C=O) groups is 3. The van der Waals surface area contributed by atoms with Gasteiger partial charge in [-0.15, -0.1) is 11.3 Å². The number of esters is 1. The first-order chi connectivity index (χ1) is 18.2. The van der Waals surface area contributed by atoms with E-state index in [0.717, 1.165) is 31.2 Å². The van der Waals surface area contributed by atoms with E-state index < -0.39 is 0 Å². The van der Waals surface area contributed by atoms with E-state index in [-0.39, 0.29) is 37.3 Å². The van der Waals surface area contributed by atoms with Crippen molar-refractivity contribution in [2.24, 2.45) is 0 Å². The molecule has 0 aromatic carbocycles. The third kappa shape index (κ3) is 6.45. The zero-order chi connectivity index (χ0) is 27.4. The van der Waals surface area contributed by atoms with Crippen LogP contribution in [-0.4, -0.2) is 60.6 Å². The summed E-state index contributed by atoms with van der Waals surface area (Å²) in [6.45, 7) is 12.9. The van der Waals surface area contributed by atoms with Gasteiger partial charge in [0.2, 0.25) is 13.1 Å². The molecule has 10 nitrogen and oxygen atoms in total. The molecule has 3 aromatic rings. The molecule has 0 bridgehead atoms. The van der Waals surface area contributed by atoms with Gasteiger partial charge in [0.25, 0.3) is 11.8 Å². The van der Waals surface area contributed by atoms with Gasteiger partial charge in [0.1, 0.15) is 0 Å². The summed E-state index contributed by atoms with van der Waals surface area (Å²) in [4.78, 5) is 46.4. The minimum atomic E-state index is -0.345. The standard InChI is InChI=1S/C25H32N5O5S3/c1-6-35-22(33)11-19-14-36-25(26-19)27-20(31)12-29-15(2)17(4)37-23(29)24-30(16(3)18(5)38-24)13-21(32)28-7-9-34-10-8-28/h14H,6-13H2,1-5H3/q+1/p+1. The Morgan fingerprint density at radius 3 is 2.24 bits per heavy atom. The highest BCUT2D eigenvalue weighted by molar-refractivity contribution is 7.21. The smallest absolute Gasteiger partial charge is 0.346 e. The Morgan fingerprint density at radius 1 is 1.03 bits per heavy atom. The summed E-state index contributed by atoms with van der Waals surface area (Å²) >= 11 is 4.53. The van der Waals surface area contributed by atoms with Crippen molar-refractivity contribution in [3.05, 3.63) is 32.2 Å². The van der Waals surface area contributed by atoms with Crippen LogP contribution in [-0.2, 0) is 43.4 Å². The number of nitrogens with zero attached hydrogens (tertiary/aromatic N) is 4.